The van der Waals surface area contributed by atoms with E-state index in [2.05, 4.69) is 4.98 Å². The first-order valence-corrected chi connectivity index (χ1v) is 5.80. The number of furan rings is 2. The van der Waals surface area contributed by atoms with Crippen molar-refractivity contribution < 1.29 is 13.6 Å². The maximum Gasteiger partial charge on any atom is 0.263 e. The van der Waals surface area contributed by atoms with Crippen LogP contribution in [0.2, 0.25) is 0 Å². The molecular formula is C12H7NO3S. The third-order valence-electron chi connectivity index (χ3n) is 2.22. The Hall–Kier alpha value is -2.14. The number of thiazole rings is 1. The standard InChI is InChI=1S/C12H7NO3S/c14-11(8-2-1-6-15-8)9-3-4-10(16-9)12-13-5-7-17-12/h1-7H. The van der Waals surface area contributed by atoms with E-state index in [0.717, 1.165) is 5.01 Å². The highest BCUT2D eigenvalue weighted by atomic mass is 32.1. The topological polar surface area (TPSA) is 56.2 Å². The van der Waals surface area contributed by atoms with Gasteiger partial charge in [-0.05, 0) is 24.3 Å². The predicted octanol–water partition coefficient (Wildman–Crippen LogP) is 3.23. The second-order valence-electron chi connectivity index (χ2n) is 3.31. The minimum absolute atomic E-state index is 0.255. The lowest BCUT2D eigenvalue weighted by molar-refractivity contribution is 0.0984. The number of carbonyl (C=O) groups is 1. The number of carbonyl (C=O) groups excluding carboxylic acids is 1. The van der Waals surface area contributed by atoms with Gasteiger partial charge in [-0.1, -0.05) is 0 Å². The van der Waals surface area contributed by atoms with Gasteiger partial charge in [-0.2, -0.15) is 0 Å². The van der Waals surface area contributed by atoms with Crippen molar-refractivity contribution in [2.24, 2.45) is 0 Å². The van der Waals surface area contributed by atoms with Gasteiger partial charge in [0.05, 0.1) is 6.26 Å². The van der Waals surface area contributed by atoms with Gasteiger partial charge in [-0.15, -0.1) is 11.3 Å². The first-order chi connectivity index (χ1) is 8.34. The quantitative estimate of drug-likeness (QED) is 0.665. The van der Waals surface area contributed by atoms with E-state index in [1.54, 1.807) is 30.5 Å². The molecular weight excluding hydrogens is 238 g/mol. The molecule has 3 rings (SSSR count). The normalized spacial score (nSPS) is 10.6. The highest BCUT2D eigenvalue weighted by molar-refractivity contribution is 7.13. The number of ketones is 1. The summed E-state index contributed by atoms with van der Waals surface area (Å²) in [5.74, 6) is 0.850. The summed E-state index contributed by atoms with van der Waals surface area (Å²) in [6.07, 6.45) is 3.15. The zero-order chi connectivity index (χ0) is 11.7. The molecule has 0 aliphatic carbocycles. The van der Waals surface area contributed by atoms with E-state index in [1.807, 2.05) is 5.38 Å². The van der Waals surface area contributed by atoms with Crippen LogP contribution in [-0.2, 0) is 0 Å². The summed E-state index contributed by atoms with van der Waals surface area (Å²) in [6, 6.07) is 6.63. The molecule has 0 fully saturated rings. The number of hydrogen-bond acceptors (Lipinski definition) is 5. The summed E-state index contributed by atoms with van der Waals surface area (Å²) in [5, 5.41) is 2.61. The highest BCUT2D eigenvalue weighted by Gasteiger charge is 2.17. The lowest BCUT2D eigenvalue weighted by Gasteiger charge is -1.92. The van der Waals surface area contributed by atoms with E-state index in [0.29, 0.717) is 5.76 Å². The summed E-state index contributed by atoms with van der Waals surface area (Å²) in [4.78, 5) is 16.0. The molecule has 0 atom stereocenters. The summed E-state index contributed by atoms with van der Waals surface area (Å²) in [7, 11) is 0. The van der Waals surface area contributed by atoms with Gasteiger partial charge in [-0.25, -0.2) is 4.98 Å². The van der Waals surface area contributed by atoms with Crippen LogP contribution in [0, 0.1) is 0 Å². The maximum absolute atomic E-state index is 11.9. The molecule has 0 saturated carbocycles. The smallest absolute Gasteiger partial charge is 0.263 e. The first kappa shape index (κ1) is 10.0. The minimum Gasteiger partial charge on any atom is -0.461 e. The van der Waals surface area contributed by atoms with Crippen LogP contribution in [0.4, 0.5) is 0 Å². The van der Waals surface area contributed by atoms with E-state index in [-0.39, 0.29) is 17.3 Å². The van der Waals surface area contributed by atoms with Crippen LogP contribution in [0.1, 0.15) is 16.3 Å². The van der Waals surface area contributed by atoms with Crippen molar-refractivity contribution in [3.05, 3.63) is 53.6 Å². The van der Waals surface area contributed by atoms with Crippen LogP contribution < -0.4 is 0 Å². The van der Waals surface area contributed by atoms with Crippen molar-refractivity contribution in [1.29, 1.82) is 0 Å². The van der Waals surface area contributed by atoms with Gasteiger partial charge in [0.2, 0.25) is 0 Å². The molecule has 0 amide bonds. The first-order valence-electron chi connectivity index (χ1n) is 4.92. The number of rotatable bonds is 3. The van der Waals surface area contributed by atoms with Crippen molar-refractivity contribution >= 4 is 17.1 Å². The van der Waals surface area contributed by atoms with Crippen LogP contribution >= 0.6 is 11.3 Å². The molecule has 84 valence electrons. The summed E-state index contributed by atoms with van der Waals surface area (Å²) >= 11 is 1.46. The second-order valence-corrected chi connectivity index (χ2v) is 4.20. The van der Waals surface area contributed by atoms with Crippen molar-refractivity contribution in [2.45, 2.75) is 0 Å². The van der Waals surface area contributed by atoms with E-state index < -0.39 is 0 Å². The highest BCUT2D eigenvalue weighted by Crippen LogP contribution is 2.25. The molecule has 0 unspecified atom stereocenters. The lowest BCUT2D eigenvalue weighted by Crippen LogP contribution is -1.96. The fourth-order valence-electron chi connectivity index (χ4n) is 1.45. The third-order valence-corrected chi connectivity index (χ3v) is 3.01. The molecule has 3 aromatic rings. The molecule has 0 radical (unpaired) electrons. The van der Waals surface area contributed by atoms with Crippen LogP contribution in [-0.4, -0.2) is 10.8 Å². The fraction of sp³-hybridized carbons (Fsp3) is 0. The van der Waals surface area contributed by atoms with E-state index in [9.17, 15) is 4.79 Å². The van der Waals surface area contributed by atoms with Gasteiger partial charge in [-0.3, -0.25) is 4.79 Å². The van der Waals surface area contributed by atoms with Gasteiger partial charge < -0.3 is 8.83 Å². The fourth-order valence-corrected chi connectivity index (χ4v) is 2.05. The predicted molar refractivity (Wildman–Crippen MR) is 62.0 cm³/mol. The molecule has 0 aliphatic rings. The van der Waals surface area contributed by atoms with Gasteiger partial charge in [0.1, 0.15) is 0 Å². The second kappa shape index (κ2) is 4.03. The lowest BCUT2D eigenvalue weighted by atomic mass is 10.2. The van der Waals surface area contributed by atoms with Crippen molar-refractivity contribution in [3.63, 3.8) is 0 Å². The Labute approximate surface area is 101 Å². The molecule has 17 heavy (non-hydrogen) atoms. The average molecular weight is 245 g/mol. The van der Waals surface area contributed by atoms with Crippen LogP contribution in [0.3, 0.4) is 0 Å². The van der Waals surface area contributed by atoms with Crippen LogP contribution in [0.5, 0.6) is 0 Å². The van der Waals surface area contributed by atoms with Gasteiger partial charge >= 0.3 is 0 Å². The molecule has 0 spiro atoms. The Balaban J connectivity index is 1.93. The molecule has 3 heterocycles. The Morgan fingerprint density at radius 1 is 1.24 bits per heavy atom. The number of hydrogen-bond donors (Lipinski definition) is 0. The zero-order valence-electron chi connectivity index (χ0n) is 8.62. The molecule has 0 N–H and O–H groups in total. The molecule has 5 heteroatoms. The summed E-state index contributed by atoms with van der Waals surface area (Å²) in [6.45, 7) is 0. The molecule has 0 aromatic carbocycles. The molecule has 3 aromatic heterocycles. The molecule has 0 aliphatic heterocycles. The number of aromatic nitrogens is 1. The van der Waals surface area contributed by atoms with Gasteiger partial charge in [0, 0.05) is 11.6 Å². The molecule has 0 bridgehead atoms. The monoisotopic (exact) mass is 245 g/mol. The van der Waals surface area contributed by atoms with Gasteiger partial charge in [0.15, 0.2) is 22.3 Å². The molecule has 0 saturated heterocycles. The Kier molecular flexibility index (Phi) is 2.38. The van der Waals surface area contributed by atoms with Gasteiger partial charge in [0.25, 0.3) is 5.78 Å². The largest absolute Gasteiger partial charge is 0.461 e. The average Bonchev–Trinajstić information content (AvgIpc) is 3.09. The minimum atomic E-state index is -0.266. The van der Waals surface area contributed by atoms with Crippen molar-refractivity contribution in [1.82, 2.24) is 4.98 Å². The van der Waals surface area contributed by atoms with Crippen LogP contribution in [0.15, 0.2) is 50.9 Å². The Bertz CT molecular complexity index is 623. The number of nitrogens with zero attached hydrogens (tertiary/aromatic N) is 1. The zero-order valence-corrected chi connectivity index (χ0v) is 9.44. The summed E-state index contributed by atoms with van der Waals surface area (Å²) < 4.78 is 10.5. The van der Waals surface area contributed by atoms with E-state index in [4.69, 9.17) is 8.83 Å². The van der Waals surface area contributed by atoms with Crippen LogP contribution in [0.25, 0.3) is 10.8 Å². The molecule has 4 nitrogen and oxygen atoms in total. The third kappa shape index (κ3) is 1.81. The Morgan fingerprint density at radius 2 is 2.18 bits per heavy atom. The SMILES string of the molecule is O=C(c1ccco1)c1ccc(-c2nccs2)o1. The summed E-state index contributed by atoms with van der Waals surface area (Å²) in [5.41, 5.74) is 0. The van der Waals surface area contributed by atoms with E-state index >= 15 is 0 Å². The maximum atomic E-state index is 11.9. The Morgan fingerprint density at radius 3 is 2.88 bits per heavy atom. The van der Waals surface area contributed by atoms with Crippen molar-refractivity contribution in [2.75, 3.05) is 0 Å². The van der Waals surface area contributed by atoms with E-state index in [1.165, 1.54) is 17.6 Å². The van der Waals surface area contributed by atoms with Crippen molar-refractivity contribution in [3.8, 4) is 10.8 Å².